The molecule has 1 aliphatic heterocycles. The van der Waals surface area contributed by atoms with Crippen LogP contribution in [0.25, 0.3) is 0 Å². The summed E-state index contributed by atoms with van der Waals surface area (Å²) in [6, 6.07) is 0. The third kappa shape index (κ3) is 5.37. The molecule has 5 heteroatoms. The molecule has 0 aromatic carbocycles. The Morgan fingerprint density at radius 1 is 1.47 bits per heavy atom. The van der Waals surface area contributed by atoms with Crippen LogP contribution in [0.2, 0.25) is 0 Å². The molecule has 0 aromatic heterocycles. The normalized spacial score (nSPS) is 21.5. The summed E-state index contributed by atoms with van der Waals surface area (Å²) in [4.78, 5) is 13.6. The second-order valence-electron chi connectivity index (χ2n) is 5.30. The Hall–Kier alpha value is -0.810. The molecule has 0 spiro atoms. The summed E-state index contributed by atoms with van der Waals surface area (Å²) in [5.74, 6) is 0. The van der Waals surface area contributed by atoms with Gasteiger partial charge in [0.15, 0.2) is 0 Å². The van der Waals surface area contributed by atoms with Crippen molar-refractivity contribution in [1.29, 1.82) is 0 Å². The molecule has 5 nitrogen and oxygen atoms in total. The smallest absolute Gasteiger partial charge is 0.407 e. The number of rotatable bonds is 4. The van der Waals surface area contributed by atoms with Crippen LogP contribution in [0.5, 0.6) is 0 Å². The number of carbonyl (C=O) groups excluding carboxylic acids is 1. The van der Waals surface area contributed by atoms with Gasteiger partial charge in [-0.05, 0) is 33.6 Å². The van der Waals surface area contributed by atoms with Gasteiger partial charge in [-0.3, -0.25) is 4.90 Å². The summed E-state index contributed by atoms with van der Waals surface area (Å²) in [5.41, 5.74) is -0.438. The van der Waals surface area contributed by atoms with E-state index in [2.05, 4.69) is 10.2 Å². The standard InChI is InChI=1S/C12H24N2O3/c1-12(2,3)17-11(15)13-7-9-14-8-5-6-10(14)16-4/h10H,5-9H2,1-4H3,(H,13,15)/t10-/m1/s1. The van der Waals surface area contributed by atoms with Crippen molar-refractivity contribution in [3.8, 4) is 0 Å². The summed E-state index contributed by atoms with van der Waals surface area (Å²) >= 11 is 0. The minimum Gasteiger partial charge on any atom is -0.444 e. The Morgan fingerprint density at radius 3 is 2.76 bits per heavy atom. The molecule has 100 valence electrons. The lowest BCUT2D eigenvalue weighted by Gasteiger charge is -2.24. The zero-order valence-electron chi connectivity index (χ0n) is 11.3. The minimum absolute atomic E-state index is 0.204. The van der Waals surface area contributed by atoms with Crippen LogP contribution in [-0.2, 0) is 9.47 Å². The van der Waals surface area contributed by atoms with Crippen molar-refractivity contribution in [2.24, 2.45) is 0 Å². The van der Waals surface area contributed by atoms with Gasteiger partial charge in [0.1, 0.15) is 11.8 Å². The third-order valence-electron chi connectivity index (χ3n) is 2.64. The van der Waals surface area contributed by atoms with E-state index in [0.717, 1.165) is 25.9 Å². The number of hydrogen-bond acceptors (Lipinski definition) is 4. The van der Waals surface area contributed by atoms with Crippen LogP contribution >= 0.6 is 0 Å². The molecule has 1 fully saturated rings. The quantitative estimate of drug-likeness (QED) is 0.815. The summed E-state index contributed by atoms with van der Waals surface area (Å²) in [5, 5.41) is 2.75. The van der Waals surface area contributed by atoms with Gasteiger partial charge in [-0.25, -0.2) is 4.79 Å². The van der Waals surface area contributed by atoms with Gasteiger partial charge in [0.05, 0.1) is 0 Å². The van der Waals surface area contributed by atoms with E-state index in [-0.39, 0.29) is 12.3 Å². The lowest BCUT2D eigenvalue weighted by atomic mass is 10.2. The van der Waals surface area contributed by atoms with E-state index in [1.54, 1.807) is 7.11 Å². The first-order valence-corrected chi connectivity index (χ1v) is 6.16. The zero-order valence-corrected chi connectivity index (χ0v) is 11.3. The molecule has 1 heterocycles. The van der Waals surface area contributed by atoms with Gasteiger partial charge in [0, 0.05) is 26.7 Å². The summed E-state index contributed by atoms with van der Waals surface area (Å²) in [6.07, 6.45) is 2.08. The number of nitrogens with zero attached hydrogens (tertiary/aromatic N) is 1. The average molecular weight is 244 g/mol. The van der Waals surface area contributed by atoms with Crippen LogP contribution in [-0.4, -0.2) is 49.6 Å². The summed E-state index contributed by atoms with van der Waals surface area (Å²) < 4.78 is 10.5. The molecule has 1 aliphatic rings. The van der Waals surface area contributed by atoms with Crippen molar-refractivity contribution in [3.05, 3.63) is 0 Å². The fourth-order valence-electron chi connectivity index (χ4n) is 1.93. The van der Waals surface area contributed by atoms with Crippen LogP contribution in [0, 0.1) is 0 Å². The van der Waals surface area contributed by atoms with E-state index in [4.69, 9.17) is 9.47 Å². The zero-order chi connectivity index (χ0) is 12.9. The number of carbonyl (C=O) groups is 1. The second-order valence-corrected chi connectivity index (χ2v) is 5.30. The highest BCUT2D eigenvalue weighted by Gasteiger charge is 2.23. The highest BCUT2D eigenvalue weighted by molar-refractivity contribution is 5.67. The van der Waals surface area contributed by atoms with Crippen LogP contribution in [0.4, 0.5) is 4.79 Å². The van der Waals surface area contributed by atoms with Crippen molar-refractivity contribution in [2.75, 3.05) is 26.7 Å². The van der Waals surface area contributed by atoms with Crippen molar-refractivity contribution < 1.29 is 14.3 Å². The Bertz CT molecular complexity index is 251. The first kappa shape index (κ1) is 14.3. The molecular weight excluding hydrogens is 220 g/mol. The molecule has 1 amide bonds. The van der Waals surface area contributed by atoms with E-state index in [1.165, 1.54) is 0 Å². The molecule has 1 atom stereocenters. The lowest BCUT2D eigenvalue weighted by molar-refractivity contribution is -0.00370. The third-order valence-corrected chi connectivity index (χ3v) is 2.64. The number of amides is 1. The predicted molar refractivity (Wildman–Crippen MR) is 65.8 cm³/mol. The maximum absolute atomic E-state index is 11.4. The number of likely N-dealkylation sites (tertiary alicyclic amines) is 1. The van der Waals surface area contributed by atoms with Crippen LogP contribution in [0.3, 0.4) is 0 Å². The number of alkyl carbamates (subject to hydrolysis) is 1. The Morgan fingerprint density at radius 2 is 2.18 bits per heavy atom. The molecule has 1 N–H and O–H groups in total. The molecule has 0 bridgehead atoms. The number of methoxy groups -OCH3 is 1. The van der Waals surface area contributed by atoms with Crippen LogP contribution < -0.4 is 5.32 Å². The van der Waals surface area contributed by atoms with Crippen molar-refractivity contribution in [1.82, 2.24) is 10.2 Å². The average Bonchev–Trinajstić information content (AvgIpc) is 2.62. The SMILES string of the molecule is CO[C@@H]1CCCN1CCNC(=O)OC(C)(C)C. The van der Waals surface area contributed by atoms with E-state index < -0.39 is 5.60 Å². The molecule has 0 saturated carbocycles. The minimum atomic E-state index is -0.438. The first-order valence-electron chi connectivity index (χ1n) is 6.16. The van der Waals surface area contributed by atoms with Gasteiger partial charge in [0.2, 0.25) is 0 Å². The monoisotopic (exact) mass is 244 g/mol. The molecular formula is C12H24N2O3. The highest BCUT2D eigenvalue weighted by atomic mass is 16.6. The molecule has 17 heavy (non-hydrogen) atoms. The largest absolute Gasteiger partial charge is 0.444 e. The van der Waals surface area contributed by atoms with Gasteiger partial charge in [0.25, 0.3) is 0 Å². The van der Waals surface area contributed by atoms with Gasteiger partial charge >= 0.3 is 6.09 Å². The predicted octanol–water partition coefficient (Wildman–Crippen LogP) is 1.58. The van der Waals surface area contributed by atoms with Crippen molar-refractivity contribution >= 4 is 6.09 Å². The molecule has 0 unspecified atom stereocenters. The Labute approximate surface area is 103 Å². The van der Waals surface area contributed by atoms with E-state index in [1.807, 2.05) is 20.8 Å². The fourth-order valence-corrected chi connectivity index (χ4v) is 1.93. The molecule has 0 aromatic rings. The van der Waals surface area contributed by atoms with Crippen molar-refractivity contribution in [3.63, 3.8) is 0 Å². The highest BCUT2D eigenvalue weighted by Crippen LogP contribution is 2.16. The van der Waals surface area contributed by atoms with E-state index in [0.29, 0.717) is 6.54 Å². The van der Waals surface area contributed by atoms with Gasteiger partial charge in [-0.1, -0.05) is 0 Å². The second kappa shape index (κ2) is 6.21. The lowest BCUT2D eigenvalue weighted by Crippen LogP contribution is -2.40. The van der Waals surface area contributed by atoms with E-state index in [9.17, 15) is 4.79 Å². The molecule has 0 aliphatic carbocycles. The van der Waals surface area contributed by atoms with Crippen LogP contribution in [0.1, 0.15) is 33.6 Å². The Kier molecular flexibility index (Phi) is 5.21. The summed E-state index contributed by atoms with van der Waals surface area (Å²) in [7, 11) is 1.73. The topological polar surface area (TPSA) is 50.8 Å². The number of hydrogen-bond donors (Lipinski definition) is 1. The summed E-state index contributed by atoms with van der Waals surface area (Å²) in [6.45, 7) is 8.00. The van der Waals surface area contributed by atoms with Gasteiger partial charge < -0.3 is 14.8 Å². The molecule has 1 saturated heterocycles. The number of nitrogens with one attached hydrogen (secondary N) is 1. The molecule has 0 radical (unpaired) electrons. The fraction of sp³-hybridized carbons (Fsp3) is 0.917. The maximum Gasteiger partial charge on any atom is 0.407 e. The van der Waals surface area contributed by atoms with Crippen LogP contribution in [0.15, 0.2) is 0 Å². The maximum atomic E-state index is 11.4. The van der Waals surface area contributed by atoms with E-state index >= 15 is 0 Å². The van der Waals surface area contributed by atoms with Gasteiger partial charge in [-0.15, -0.1) is 0 Å². The van der Waals surface area contributed by atoms with Crippen molar-refractivity contribution in [2.45, 2.75) is 45.4 Å². The first-order chi connectivity index (χ1) is 7.92. The molecule has 1 rings (SSSR count). The Balaban J connectivity index is 2.17. The number of ether oxygens (including phenoxy) is 2. The van der Waals surface area contributed by atoms with Gasteiger partial charge in [-0.2, -0.15) is 0 Å².